The number of rotatable bonds is 3. The van der Waals surface area contributed by atoms with Crippen molar-refractivity contribution in [1.82, 2.24) is 4.98 Å². The van der Waals surface area contributed by atoms with E-state index in [0.717, 1.165) is 11.1 Å². The van der Waals surface area contributed by atoms with Crippen LogP contribution < -0.4 is 5.32 Å². The van der Waals surface area contributed by atoms with Gasteiger partial charge >= 0.3 is 0 Å². The van der Waals surface area contributed by atoms with Crippen molar-refractivity contribution in [3.8, 4) is 12.3 Å². The van der Waals surface area contributed by atoms with E-state index in [2.05, 4.69) is 16.2 Å². The number of pyridine rings is 1. The van der Waals surface area contributed by atoms with Crippen LogP contribution in [0.3, 0.4) is 0 Å². The normalized spacial score (nSPS) is 10.1. The highest BCUT2D eigenvalue weighted by atomic mass is 16.1. The third-order valence-corrected chi connectivity index (χ3v) is 2.43. The lowest BCUT2D eigenvalue weighted by Crippen LogP contribution is -2.07. The van der Waals surface area contributed by atoms with Gasteiger partial charge in [0, 0.05) is 29.7 Å². The number of nitrogens with zero attached hydrogens (tertiary/aromatic N) is 1. The molecule has 1 amide bonds. The molecule has 0 spiro atoms. The first-order valence-corrected chi connectivity index (χ1v) is 5.74. The Labute approximate surface area is 112 Å². The minimum absolute atomic E-state index is 0.203. The van der Waals surface area contributed by atoms with Gasteiger partial charge < -0.3 is 5.32 Å². The maximum absolute atomic E-state index is 11.7. The quantitative estimate of drug-likeness (QED) is 0.670. The molecule has 92 valence electrons. The van der Waals surface area contributed by atoms with Crippen molar-refractivity contribution in [3.63, 3.8) is 0 Å². The number of nitrogens with one attached hydrogen (secondary N) is 1. The maximum atomic E-state index is 11.7. The Morgan fingerprint density at radius 3 is 2.79 bits per heavy atom. The van der Waals surface area contributed by atoms with Crippen LogP contribution in [0.15, 0.2) is 54.9 Å². The molecule has 2 rings (SSSR count). The van der Waals surface area contributed by atoms with Gasteiger partial charge in [0.15, 0.2) is 0 Å². The van der Waals surface area contributed by atoms with E-state index in [0.29, 0.717) is 5.69 Å². The number of anilines is 1. The molecule has 0 aliphatic carbocycles. The van der Waals surface area contributed by atoms with Gasteiger partial charge in [-0.05, 0) is 42.0 Å². The first kappa shape index (κ1) is 12.6. The number of hydrogen-bond donors (Lipinski definition) is 1. The van der Waals surface area contributed by atoms with Gasteiger partial charge in [-0.1, -0.05) is 12.0 Å². The molecule has 0 saturated heterocycles. The summed E-state index contributed by atoms with van der Waals surface area (Å²) in [6.45, 7) is 0. The van der Waals surface area contributed by atoms with Gasteiger partial charge in [0.1, 0.15) is 0 Å². The molecule has 0 unspecified atom stereocenters. The Morgan fingerprint density at radius 1 is 1.26 bits per heavy atom. The van der Waals surface area contributed by atoms with Crippen molar-refractivity contribution in [2.24, 2.45) is 0 Å². The van der Waals surface area contributed by atoms with Gasteiger partial charge in [0.05, 0.1) is 0 Å². The highest BCUT2D eigenvalue weighted by Crippen LogP contribution is 2.10. The van der Waals surface area contributed by atoms with Crippen LogP contribution in [0.4, 0.5) is 5.69 Å². The second-order valence-electron chi connectivity index (χ2n) is 3.83. The average Bonchev–Trinajstić information content (AvgIpc) is 2.46. The second kappa shape index (κ2) is 6.18. The topological polar surface area (TPSA) is 42.0 Å². The fourth-order valence-electron chi connectivity index (χ4n) is 1.52. The molecule has 2 aromatic rings. The Balaban J connectivity index is 2.02. The zero-order valence-corrected chi connectivity index (χ0v) is 10.2. The molecular formula is C16H12N2O. The Bertz CT molecular complexity index is 639. The summed E-state index contributed by atoms with van der Waals surface area (Å²) in [5.74, 6) is 2.32. The van der Waals surface area contributed by atoms with Crippen LogP contribution in [0.2, 0.25) is 0 Å². The molecule has 0 fully saturated rings. The van der Waals surface area contributed by atoms with E-state index in [1.54, 1.807) is 36.7 Å². The maximum Gasteiger partial charge on any atom is 0.248 e. The summed E-state index contributed by atoms with van der Waals surface area (Å²) in [4.78, 5) is 15.6. The van der Waals surface area contributed by atoms with Crippen LogP contribution >= 0.6 is 0 Å². The summed E-state index contributed by atoms with van der Waals surface area (Å²) in [7, 11) is 0. The minimum atomic E-state index is -0.203. The van der Waals surface area contributed by atoms with Gasteiger partial charge in [-0.2, -0.15) is 0 Å². The average molecular weight is 248 g/mol. The van der Waals surface area contributed by atoms with Gasteiger partial charge in [-0.15, -0.1) is 6.42 Å². The van der Waals surface area contributed by atoms with E-state index >= 15 is 0 Å². The van der Waals surface area contributed by atoms with Crippen LogP contribution in [0.5, 0.6) is 0 Å². The summed E-state index contributed by atoms with van der Waals surface area (Å²) >= 11 is 0. The Hall–Kier alpha value is -2.86. The predicted octanol–water partition coefficient (Wildman–Crippen LogP) is 2.71. The summed E-state index contributed by atoms with van der Waals surface area (Å²) < 4.78 is 0. The highest BCUT2D eigenvalue weighted by molar-refractivity contribution is 6.01. The van der Waals surface area contributed by atoms with Gasteiger partial charge in [0.2, 0.25) is 5.91 Å². The molecule has 1 aromatic heterocycles. The molecule has 1 heterocycles. The second-order valence-corrected chi connectivity index (χ2v) is 3.83. The molecule has 0 radical (unpaired) electrons. The van der Waals surface area contributed by atoms with Crippen molar-refractivity contribution < 1.29 is 4.79 Å². The van der Waals surface area contributed by atoms with Crippen LogP contribution in [0.1, 0.15) is 11.1 Å². The number of aromatic nitrogens is 1. The van der Waals surface area contributed by atoms with Gasteiger partial charge in [0.25, 0.3) is 0 Å². The summed E-state index contributed by atoms with van der Waals surface area (Å²) in [5.41, 5.74) is 2.33. The van der Waals surface area contributed by atoms with E-state index in [1.807, 2.05) is 18.2 Å². The molecule has 0 saturated carbocycles. The number of carbonyl (C=O) groups is 1. The monoisotopic (exact) mass is 248 g/mol. The van der Waals surface area contributed by atoms with E-state index in [1.165, 1.54) is 6.08 Å². The molecule has 0 aliphatic heterocycles. The van der Waals surface area contributed by atoms with Crippen molar-refractivity contribution in [1.29, 1.82) is 0 Å². The number of terminal acetylenes is 1. The molecular weight excluding hydrogens is 236 g/mol. The Kier molecular flexibility index (Phi) is 4.09. The molecule has 0 bridgehead atoms. The highest BCUT2D eigenvalue weighted by Gasteiger charge is 1.98. The van der Waals surface area contributed by atoms with Crippen molar-refractivity contribution in [3.05, 3.63) is 66.0 Å². The predicted molar refractivity (Wildman–Crippen MR) is 76.3 cm³/mol. The molecule has 1 aromatic carbocycles. The smallest absolute Gasteiger partial charge is 0.248 e. The number of hydrogen-bond acceptors (Lipinski definition) is 2. The Morgan fingerprint density at radius 2 is 2.05 bits per heavy atom. The summed E-state index contributed by atoms with van der Waals surface area (Å²) in [6, 6.07) is 10.8. The van der Waals surface area contributed by atoms with Crippen LogP contribution in [-0.4, -0.2) is 10.9 Å². The van der Waals surface area contributed by atoms with Crippen LogP contribution in [-0.2, 0) is 4.79 Å². The van der Waals surface area contributed by atoms with Gasteiger partial charge in [-0.25, -0.2) is 0 Å². The fraction of sp³-hybridized carbons (Fsp3) is 0. The first-order chi connectivity index (χ1) is 9.28. The standard InChI is InChI=1S/C16H12N2O/c1-2-13-4-3-5-15(12-13)18-16(19)7-6-14-8-10-17-11-9-14/h1,3-12H,(H,18,19). The van der Waals surface area contributed by atoms with Gasteiger partial charge in [-0.3, -0.25) is 9.78 Å². The molecule has 19 heavy (non-hydrogen) atoms. The van der Waals surface area contributed by atoms with E-state index in [-0.39, 0.29) is 5.91 Å². The number of carbonyl (C=O) groups excluding carboxylic acids is 1. The van der Waals surface area contributed by atoms with Crippen LogP contribution in [0, 0.1) is 12.3 Å². The van der Waals surface area contributed by atoms with Crippen molar-refractivity contribution in [2.45, 2.75) is 0 Å². The molecule has 3 heteroatoms. The lowest BCUT2D eigenvalue weighted by Gasteiger charge is -2.02. The van der Waals surface area contributed by atoms with E-state index in [9.17, 15) is 4.79 Å². The third kappa shape index (κ3) is 3.83. The first-order valence-electron chi connectivity index (χ1n) is 5.74. The molecule has 0 atom stereocenters. The summed E-state index contributed by atoms with van der Waals surface area (Å²) in [5, 5.41) is 2.75. The largest absolute Gasteiger partial charge is 0.322 e. The SMILES string of the molecule is C#Cc1cccc(NC(=O)C=Cc2ccncc2)c1. The van der Waals surface area contributed by atoms with E-state index in [4.69, 9.17) is 6.42 Å². The third-order valence-electron chi connectivity index (χ3n) is 2.43. The molecule has 1 N–H and O–H groups in total. The minimum Gasteiger partial charge on any atom is -0.322 e. The van der Waals surface area contributed by atoms with Crippen molar-refractivity contribution >= 4 is 17.7 Å². The summed E-state index contributed by atoms with van der Waals surface area (Å²) in [6.07, 6.45) is 11.8. The number of benzene rings is 1. The molecule has 3 nitrogen and oxygen atoms in total. The number of amides is 1. The molecule has 0 aliphatic rings. The zero-order chi connectivity index (χ0) is 13.5. The van der Waals surface area contributed by atoms with Crippen molar-refractivity contribution in [2.75, 3.05) is 5.32 Å². The lowest BCUT2D eigenvalue weighted by molar-refractivity contribution is -0.111. The fourth-order valence-corrected chi connectivity index (χ4v) is 1.52. The zero-order valence-electron chi connectivity index (χ0n) is 10.2. The van der Waals surface area contributed by atoms with Crippen LogP contribution in [0.25, 0.3) is 6.08 Å². The lowest BCUT2D eigenvalue weighted by atomic mass is 10.2. The van der Waals surface area contributed by atoms with E-state index < -0.39 is 0 Å².